The molecule has 5 nitrogen and oxygen atoms in total. The minimum atomic E-state index is -1.71. The predicted octanol–water partition coefficient (Wildman–Crippen LogP) is 4.67. The van der Waals surface area contributed by atoms with Crippen molar-refractivity contribution in [2.24, 2.45) is 0 Å². The molecule has 1 N–H and O–H groups in total. The van der Waals surface area contributed by atoms with Crippen LogP contribution in [0.4, 0.5) is 23.2 Å². The number of nitrogens with zero attached hydrogens (tertiary/aromatic N) is 2. The second kappa shape index (κ2) is 8.83. The molecule has 0 saturated carbocycles. The average Bonchev–Trinajstić information content (AvgIpc) is 2.79. The minimum absolute atomic E-state index is 0.0275. The van der Waals surface area contributed by atoms with Gasteiger partial charge in [0.1, 0.15) is 5.82 Å². The number of carbonyl (C=O) groups is 1. The van der Waals surface area contributed by atoms with Crippen LogP contribution in [-0.4, -0.2) is 21.2 Å². The molecule has 10 heteroatoms. The van der Waals surface area contributed by atoms with E-state index >= 15 is 0 Å². The van der Waals surface area contributed by atoms with Gasteiger partial charge < -0.3 is 5.32 Å². The van der Waals surface area contributed by atoms with E-state index in [0.29, 0.717) is 11.6 Å². The van der Waals surface area contributed by atoms with Gasteiger partial charge >= 0.3 is 0 Å². The molecule has 4 aromatic rings. The Hall–Kier alpha value is -3.66. The lowest BCUT2D eigenvalue weighted by atomic mass is 10.2. The molecule has 4 rings (SSSR count). The van der Waals surface area contributed by atoms with Gasteiger partial charge in [-0.1, -0.05) is 36.0 Å². The number of anilines is 1. The number of hydrogen-bond acceptors (Lipinski definition) is 4. The van der Waals surface area contributed by atoms with Crippen LogP contribution in [0, 0.1) is 23.3 Å². The van der Waals surface area contributed by atoms with Crippen molar-refractivity contribution in [1.82, 2.24) is 9.55 Å². The summed E-state index contributed by atoms with van der Waals surface area (Å²) >= 11 is 0.803. The third-order valence-corrected chi connectivity index (χ3v) is 5.42. The van der Waals surface area contributed by atoms with E-state index in [1.807, 2.05) is 0 Å². The number of halogens is 4. The van der Waals surface area contributed by atoms with Gasteiger partial charge in [-0.3, -0.25) is 14.2 Å². The van der Waals surface area contributed by atoms with Crippen LogP contribution < -0.4 is 10.9 Å². The fourth-order valence-corrected chi connectivity index (χ4v) is 3.80. The highest BCUT2D eigenvalue weighted by Crippen LogP contribution is 2.24. The SMILES string of the molecule is O=C(CSc1nc2ccccc2c(=O)n1-c1ccccc1F)Nc1ccc(F)c(F)c1F. The normalized spacial score (nSPS) is 11.0. The van der Waals surface area contributed by atoms with Gasteiger partial charge in [-0.15, -0.1) is 0 Å². The van der Waals surface area contributed by atoms with Crippen LogP contribution in [0.2, 0.25) is 0 Å². The fraction of sp³-hybridized carbons (Fsp3) is 0.0455. The molecule has 1 heterocycles. The smallest absolute Gasteiger partial charge is 0.266 e. The van der Waals surface area contributed by atoms with E-state index in [4.69, 9.17) is 0 Å². The number of benzene rings is 3. The van der Waals surface area contributed by atoms with E-state index in [-0.39, 0.29) is 22.0 Å². The lowest BCUT2D eigenvalue weighted by Gasteiger charge is -2.14. The van der Waals surface area contributed by atoms with Crippen molar-refractivity contribution in [1.29, 1.82) is 0 Å². The molecule has 1 aromatic heterocycles. The number of nitrogens with one attached hydrogen (secondary N) is 1. The van der Waals surface area contributed by atoms with Gasteiger partial charge in [0.05, 0.1) is 28.0 Å². The van der Waals surface area contributed by atoms with Crippen molar-refractivity contribution in [3.05, 3.63) is 94.3 Å². The summed E-state index contributed by atoms with van der Waals surface area (Å²) in [7, 11) is 0. The molecule has 0 unspecified atom stereocenters. The maximum Gasteiger partial charge on any atom is 0.266 e. The molecule has 0 fully saturated rings. The lowest BCUT2D eigenvalue weighted by Crippen LogP contribution is -2.23. The summed E-state index contributed by atoms with van der Waals surface area (Å²) in [5.74, 6) is -6.42. The first-order valence-electron chi connectivity index (χ1n) is 9.19. The quantitative estimate of drug-likeness (QED) is 0.204. The fourth-order valence-electron chi connectivity index (χ4n) is 2.99. The Balaban J connectivity index is 1.68. The molecule has 0 radical (unpaired) electrons. The van der Waals surface area contributed by atoms with E-state index in [0.717, 1.165) is 22.4 Å². The molecule has 3 aromatic carbocycles. The number of fused-ring (bicyclic) bond motifs is 1. The van der Waals surface area contributed by atoms with Gasteiger partial charge in [0.25, 0.3) is 5.56 Å². The largest absolute Gasteiger partial charge is 0.323 e. The first kappa shape index (κ1) is 21.6. The van der Waals surface area contributed by atoms with Crippen molar-refractivity contribution in [3.63, 3.8) is 0 Å². The topological polar surface area (TPSA) is 64.0 Å². The lowest BCUT2D eigenvalue weighted by molar-refractivity contribution is -0.113. The zero-order valence-corrected chi connectivity index (χ0v) is 16.9. The zero-order valence-electron chi connectivity index (χ0n) is 16.1. The molecule has 1 amide bonds. The van der Waals surface area contributed by atoms with Gasteiger partial charge in [-0.25, -0.2) is 22.5 Å². The third kappa shape index (κ3) is 4.09. The van der Waals surface area contributed by atoms with Crippen LogP contribution in [0.3, 0.4) is 0 Å². The van der Waals surface area contributed by atoms with E-state index in [9.17, 15) is 27.2 Å². The highest BCUT2D eigenvalue weighted by atomic mass is 32.2. The number of amides is 1. The van der Waals surface area contributed by atoms with Crippen molar-refractivity contribution in [3.8, 4) is 5.69 Å². The molecule has 0 atom stereocenters. The summed E-state index contributed by atoms with van der Waals surface area (Å²) in [6.45, 7) is 0. The molecular formula is C22H13F4N3O2S. The number of carbonyl (C=O) groups excluding carboxylic acids is 1. The van der Waals surface area contributed by atoms with Crippen LogP contribution >= 0.6 is 11.8 Å². The standard InChI is InChI=1S/C22H13F4N3O2S/c23-13-6-2-4-8-17(13)29-21(31)12-5-1-3-7-15(12)28-22(29)32-11-18(30)27-16-10-9-14(24)19(25)20(16)26/h1-10H,11H2,(H,27,30). The molecule has 0 saturated heterocycles. The molecule has 162 valence electrons. The van der Waals surface area contributed by atoms with Crippen molar-refractivity contribution in [2.45, 2.75) is 5.16 Å². The number of hydrogen-bond donors (Lipinski definition) is 1. The molecular weight excluding hydrogens is 446 g/mol. The molecule has 0 bridgehead atoms. The number of para-hydroxylation sites is 2. The number of rotatable bonds is 5. The Morgan fingerprint density at radius 2 is 1.62 bits per heavy atom. The monoisotopic (exact) mass is 459 g/mol. The van der Waals surface area contributed by atoms with E-state index in [2.05, 4.69) is 10.3 Å². The summed E-state index contributed by atoms with van der Waals surface area (Å²) in [6.07, 6.45) is 0. The van der Waals surface area contributed by atoms with Gasteiger partial charge in [0.2, 0.25) is 5.91 Å². The molecule has 0 spiro atoms. The van der Waals surface area contributed by atoms with E-state index < -0.39 is 40.4 Å². The van der Waals surface area contributed by atoms with Gasteiger partial charge in [-0.05, 0) is 36.4 Å². The minimum Gasteiger partial charge on any atom is -0.323 e. The highest BCUT2D eigenvalue weighted by molar-refractivity contribution is 7.99. The Bertz CT molecular complexity index is 1410. The van der Waals surface area contributed by atoms with Crippen LogP contribution in [-0.2, 0) is 4.79 Å². The van der Waals surface area contributed by atoms with Crippen molar-refractivity contribution in [2.75, 3.05) is 11.1 Å². The predicted molar refractivity (Wildman–Crippen MR) is 113 cm³/mol. The maximum absolute atomic E-state index is 14.5. The summed E-state index contributed by atoms with van der Waals surface area (Å²) in [6, 6.07) is 13.6. The molecule has 0 aliphatic rings. The van der Waals surface area contributed by atoms with Crippen LogP contribution in [0.15, 0.2) is 70.6 Å². The zero-order chi connectivity index (χ0) is 22.8. The summed E-state index contributed by atoms with van der Waals surface area (Å²) in [5.41, 5.74) is -0.771. The van der Waals surface area contributed by atoms with E-state index in [1.54, 1.807) is 30.3 Å². The van der Waals surface area contributed by atoms with Gasteiger partial charge in [0, 0.05) is 0 Å². The Morgan fingerprint density at radius 3 is 2.41 bits per heavy atom. The highest BCUT2D eigenvalue weighted by Gasteiger charge is 2.19. The Morgan fingerprint density at radius 1 is 0.906 bits per heavy atom. The average molecular weight is 459 g/mol. The number of thioether (sulfide) groups is 1. The van der Waals surface area contributed by atoms with Gasteiger partial charge in [0.15, 0.2) is 22.6 Å². The number of aromatic nitrogens is 2. The first-order valence-corrected chi connectivity index (χ1v) is 10.2. The van der Waals surface area contributed by atoms with Crippen LogP contribution in [0.1, 0.15) is 0 Å². The second-order valence-corrected chi connectivity index (χ2v) is 7.51. The van der Waals surface area contributed by atoms with Crippen LogP contribution in [0.25, 0.3) is 16.6 Å². The first-order chi connectivity index (χ1) is 15.4. The second-order valence-electron chi connectivity index (χ2n) is 6.56. The summed E-state index contributed by atoms with van der Waals surface area (Å²) in [4.78, 5) is 29.7. The maximum atomic E-state index is 14.5. The van der Waals surface area contributed by atoms with Crippen molar-refractivity contribution >= 4 is 34.3 Å². The Labute approximate surface area is 182 Å². The third-order valence-electron chi connectivity index (χ3n) is 4.48. The molecule has 0 aliphatic heterocycles. The summed E-state index contributed by atoms with van der Waals surface area (Å²) < 4.78 is 55.8. The van der Waals surface area contributed by atoms with Crippen molar-refractivity contribution < 1.29 is 22.4 Å². The molecule has 32 heavy (non-hydrogen) atoms. The Kier molecular flexibility index (Phi) is 5.95. The van der Waals surface area contributed by atoms with Gasteiger partial charge in [-0.2, -0.15) is 0 Å². The van der Waals surface area contributed by atoms with E-state index in [1.165, 1.54) is 18.2 Å². The summed E-state index contributed by atoms with van der Waals surface area (Å²) in [5, 5.41) is 2.43. The molecule has 0 aliphatic carbocycles. The van der Waals surface area contributed by atoms with Crippen LogP contribution in [0.5, 0.6) is 0 Å².